The van der Waals surface area contributed by atoms with E-state index in [0.717, 1.165) is 5.56 Å². The quantitative estimate of drug-likeness (QED) is 0.804. The van der Waals surface area contributed by atoms with Crippen LogP contribution in [0.15, 0.2) is 42.7 Å². The van der Waals surface area contributed by atoms with E-state index in [1.54, 1.807) is 10.9 Å². The number of benzene rings is 1. The van der Waals surface area contributed by atoms with Crippen LogP contribution in [-0.4, -0.2) is 30.5 Å². The Bertz CT molecular complexity index is 667. The highest BCUT2D eigenvalue weighted by atomic mass is 32.2. The number of nitrogens with one attached hydrogen (secondary N) is 1. The van der Waals surface area contributed by atoms with Crippen molar-refractivity contribution in [1.29, 1.82) is 0 Å². The van der Waals surface area contributed by atoms with Gasteiger partial charge >= 0.3 is 0 Å². The van der Waals surface area contributed by atoms with Gasteiger partial charge in [-0.3, -0.25) is 4.68 Å². The molecule has 0 aliphatic heterocycles. The van der Waals surface area contributed by atoms with Crippen molar-refractivity contribution in [3.8, 4) is 0 Å². The molecule has 0 aliphatic carbocycles. The molecule has 0 saturated carbocycles. The minimum Gasteiger partial charge on any atom is -0.396 e. The van der Waals surface area contributed by atoms with Crippen LogP contribution in [-0.2, 0) is 16.6 Å². The Hall–Kier alpha value is -1.86. The first-order chi connectivity index (χ1) is 9.96. The van der Waals surface area contributed by atoms with Crippen LogP contribution in [0.5, 0.6) is 0 Å². The second-order valence-corrected chi connectivity index (χ2v) is 6.88. The second-order valence-electron chi connectivity index (χ2n) is 5.02. The molecule has 1 aromatic carbocycles. The summed E-state index contributed by atoms with van der Waals surface area (Å²) in [5.41, 5.74) is 7.13. The third kappa shape index (κ3) is 4.87. The molecule has 114 valence electrons. The standard InChI is InChI=1S/C14H20N4O2S/c1-12(13-5-3-2-4-6-13)11-21(19,20)17-7-8-18-10-14(15)9-16-18/h2-6,9-10,12,17H,7-8,11,15H2,1H3. The van der Waals surface area contributed by atoms with Crippen molar-refractivity contribution in [3.63, 3.8) is 0 Å². The molecule has 0 aliphatic rings. The van der Waals surface area contributed by atoms with E-state index in [2.05, 4.69) is 9.82 Å². The minimum absolute atomic E-state index is 0.0518. The molecule has 0 bridgehead atoms. The molecular weight excluding hydrogens is 288 g/mol. The SMILES string of the molecule is CC(CS(=O)(=O)NCCn1cc(N)cn1)c1ccccc1. The van der Waals surface area contributed by atoms with Gasteiger partial charge in [0, 0.05) is 12.7 Å². The molecule has 1 atom stereocenters. The Balaban J connectivity index is 1.84. The second kappa shape index (κ2) is 6.73. The number of anilines is 1. The zero-order chi connectivity index (χ0) is 15.3. The largest absolute Gasteiger partial charge is 0.396 e. The van der Waals surface area contributed by atoms with Gasteiger partial charge < -0.3 is 5.73 Å². The molecule has 6 nitrogen and oxygen atoms in total. The van der Waals surface area contributed by atoms with Gasteiger partial charge in [0.25, 0.3) is 0 Å². The third-order valence-electron chi connectivity index (χ3n) is 3.15. The van der Waals surface area contributed by atoms with Gasteiger partial charge in [0.15, 0.2) is 0 Å². The van der Waals surface area contributed by atoms with Crippen LogP contribution in [0.3, 0.4) is 0 Å². The van der Waals surface area contributed by atoms with E-state index in [-0.39, 0.29) is 11.7 Å². The smallest absolute Gasteiger partial charge is 0.212 e. The zero-order valence-electron chi connectivity index (χ0n) is 11.9. The van der Waals surface area contributed by atoms with Gasteiger partial charge in [-0.15, -0.1) is 0 Å². The highest BCUT2D eigenvalue weighted by Gasteiger charge is 2.16. The van der Waals surface area contributed by atoms with Crippen LogP contribution in [0.2, 0.25) is 0 Å². The normalized spacial score (nSPS) is 13.2. The molecule has 3 N–H and O–H groups in total. The molecule has 21 heavy (non-hydrogen) atoms. The first-order valence-corrected chi connectivity index (χ1v) is 8.42. The van der Waals surface area contributed by atoms with Crippen LogP contribution in [0.25, 0.3) is 0 Å². The minimum atomic E-state index is -3.31. The average Bonchev–Trinajstić information content (AvgIpc) is 2.84. The number of nitrogens with zero attached hydrogens (tertiary/aromatic N) is 2. The predicted octanol–water partition coefficient (Wildman–Crippen LogP) is 1.19. The van der Waals surface area contributed by atoms with Crippen molar-refractivity contribution in [3.05, 3.63) is 48.3 Å². The van der Waals surface area contributed by atoms with Crippen molar-refractivity contribution in [1.82, 2.24) is 14.5 Å². The molecule has 0 fully saturated rings. The molecule has 0 amide bonds. The van der Waals surface area contributed by atoms with Gasteiger partial charge in [-0.1, -0.05) is 37.3 Å². The summed E-state index contributed by atoms with van der Waals surface area (Å²) >= 11 is 0. The molecule has 1 heterocycles. The topological polar surface area (TPSA) is 90.0 Å². The predicted molar refractivity (Wildman–Crippen MR) is 83.3 cm³/mol. The highest BCUT2D eigenvalue weighted by molar-refractivity contribution is 7.89. The number of hydrogen-bond acceptors (Lipinski definition) is 4. The summed E-state index contributed by atoms with van der Waals surface area (Å²) in [6.07, 6.45) is 3.20. The molecule has 7 heteroatoms. The number of sulfonamides is 1. The van der Waals surface area contributed by atoms with Crippen molar-refractivity contribution in [2.75, 3.05) is 18.0 Å². The lowest BCUT2D eigenvalue weighted by Gasteiger charge is -2.13. The summed E-state index contributed by atoms with van der Waals surface area (Å²) in [5, 5.41) is 4.00. The Morgan fingerprint density at radius 2 is 2.05 bits per heavy atom. The van der Waals surface area contributed by atoms with Crippen LogP contribution >= 0.6 is 0 Å². The van der Waals surface area contributed by atoms with Gasteiger partial charge in [0.05, 0.1) is 24.2 Å². The summed E-state index contributed by atoms with van der Waals surface area (Å²) in [6.45, 7) is 2.66. The number of aromatic nitrogens is 2. The summed E-state index contributed by atoms with van der Waals surface area (Å²) in [6, 6.07) is 9.61. The third-order valence-corrected chi connectivity index (χ3v) is 4.74. The Morgan fingerprint density at radius 1 is 1.33 bits per heavy atom. The van der Waals surface area contributed by atoms with Crippen LogP contribution in [0, 0.1) is 0 Å². The Labute approximate surface area is 125 Å². The maximum atomic E-state index is 12.0. The van der Waals surface area contributed by atoms with Crippen molar-refractivity contribution in [2.45, 2.75) is 19.4 Å². The lowest BCUT2D eigenvalue weighted by atomic mass is 10.0. The van der Waals surface area contributed by atoms with Gasteiger partial charge in [0.1, 0.15) is 0 Å². The number of hydrogen-bond donors (Lipinski definition) is 2. The monoisotopic (exact) mass is 308 g/mol. The van der Waals surface area contributed by atoms with Crippen molar-refractivity contribution in [2.24, 2.45) is 0 Å². The molecule has 1 unspecified atom stereocenters. The fraction of sp³-hybridized carbons (Fsp3) is 0.357. The molecule has 0 radical (unpaired) electrons. The highest BCUT2D eigenvalue weighted by Crippen LogP contribution is 2.16. The van der Waals surface area contributed by atoms with E-state index in [9.17, 15) is 8.42 Å². The maximum Gasteiger partial charge on any atom is 0.212 e. The molecular formula is C14H20N4O2S. The van der Waals surface area contributed by atoms with Gasteiger partial charge in [-0.2, -0.15) is 5.10 Å². The van der Waals surface area contributed by atoms with Gasteiger partial charge in [0.2, 0.25) is 10.0 Å². The number of nitrogens with two attached hydrogens (primary N) is 1. The van der Waals surface area contributed by atoms with E-state index in [1.165, 1.54) is 6.20 Å². The van der Waals surface area contributed by atoms with Crippen molar-refractivity contribution >= 4 is 15.7 Å². The summed E-state index contributed by atoms with van der Waals surface area (Å²) in [5.74, 6) is 0.0159. The zero-order valence-corrected chi connectivity index (χ0v) is 12.8. The number of rotatable bonds is 7. The van der Waals surface area contributed by atoms with Gasteiger partial charge in [-0.05, 0) is 11.5 Å². The van der Waals surface area contributed by atoms with Crippen molar-refractivity contribution < 1.29 is 8.42 Å². The fourth-order valence-corrected chi connectivity index (χ4v) is 3.45. The molecule has 1 aromatic heterocycles. The van der Waals surface area contributed by atoms with E-state index >= 15 is 0 Å². The van der Waals surface area contributed by atoms with E-state index < -0.39 is 10.0 Å². The van der Waals surface area contributed by atoms with Gasteiger partial charge in [-0.25, -0.2) is 13.1 Å². The fourth-order valence-electron chi connectivity index (χ4n) is 2.08. The lowest BCUT2D eigenvalue weighted by molar-refractivity contribution is 0.557. The summed E-state index contributed by atoms with van der Waals surface area (Å²) in [4.78, 5) is 0. The van der Waals surface area contributed by atoms with E-state index in [4.69, 9.17) is 5.73 Å². The average molecular weight is 308 g/mol. The molecule has 2 rings (SSSR count). The Kier molecular flexibility index (Phi) is 4.98. The van der Waals surface area contributed by atoms with Crippen LogP contribution < -0.4 is 10.5 Å². The summed E-state index contributed by atoms with van der Waals surface area (Å²) < 4.78 is 28.3. The number of nitrogen functional groups attached to an aromatic ring is 1. The maximum absolute atomic E-state index is 12.0. The molecule has 0 spiro atoms. The Morgan fingerprint density at radius 3 is 2.67 bits per heavy atom. The molecule has 0 saturated heterocycles. The van der Waals surface area contributed by atoms with Crippen LogP contribution in [0.1, 0.15) is 18.4 Å². The summed E-state index contributed by atoms with van der Waals surface area (Å²) in [7, 11) is -3.31. The molecule has 2 aromatic rings. The van der Waals surface area contributed by atoms with Crippen LogP contribution in [0.4, 0.5) is 5.69 Å². The van der Waals surface area contributed by atoms with E-state index in [1.807, 2.05) is 37.3 Å². The lowest BCUT2D eigenvalue weighted by Crippen LogP contribution is -2.31. The first kappa shape index (κ1) is 15.5. The van der Waals surface area contributed by atoms with E-state index in [0.29, 0.717) is 18.8 Å². The first-order valence-electron chi connectivity index (χ1n) is 6.76.